The first-order valence-corrected chi connectivity index (χ1v) is 34.5. The summed E-state index contributed by atoms with van der Waals surface area (Å²) in [4.78, 5) is 74.3. The maximum atomic E-state index is 12.7. The highest BCUT2D eigenvalue weighted by Gasteiger charge is 2.44. The lowest BCUT2D eigenvalue weighted by molar-refractivity contribution is -0.287. The van der Waals surface area contributed by atoms with Gasteiger partial charge in [0.05, 0.1) is 13.2 Å². The second-order valence-corrected chi connectivity index (χ2v) is 24.4. The third-order valence-corrected chi connectivity index (χ3v) is 16.3. The van der Waals surface area contributed by atoms with Crippen LogP contribution < -0.4 is 0 Å². The second-order valence-electron chi connectivity index (χ2n) is 24.4. The number of hydrogen-bond donors (Lipinski definition) is 8. The third kappa shape index (κ3) is 40.8. The molecule has 8 N–H and O–H groups in total. The van der Waals surface area contributed by atoms with Crippen molar-refractivity contribution in [3.63, 3.8) is 0 Å². The number of unbranched alkanes of at least 4 members (excludes halogenated alkanes) is 23. The quantitative estimate of drug-likeness (QED) is 0.0122. The summed E-state index contributed by atoms with van der Waals surface area (Å²) in [5.74, 6) is -2.30. The highest BCUT2D eigenvalue weighted by molar-refractivity contribution is 5.73. The van der Waals surface area contributed by atoms with Crippen LogP contribution in [0.25, 0.3) is 0 Å². The van der Waals surface area contributed by atoms with Crippen molar-refractivity contribution in [3.8, 4) is 0 Å². The number of allylic oxidation sites excluding steroid dienone is 2. The van der Waals surface area contributed by atoms with Gasteiger partial charge in [0, 0.05) is 51.4 Å². The molecule has 2 fully saturated rings. The summed E-state index contributed by atoms with van der Waals surface area (Å²) in [5, 5.41) is 78.2. The van der Waals surface area contributed by atoms with Gasteiger partial charge in [0.15, 0.2) is 12.6 Å². The molecule has 2 aliphatic rings. The van der Waals surface area contributed by atoms with Crippen LogP contribution in [-0.4, -0.2) is 177 Å². The zero-order chi connectivity index (χ0) is 66.0. The number of carbonyl (C=O) groups is 6. The Morgan fingerprint density at radius 1 is 0.333 bits per heavy atom. The number of esters is 6. The van der Waals surface area contributed by atoms with Crippen LogP contribution in [0.5, 0.6) is 0 Å². The smallest absolute Gasteiger partial charge is 0.306 e. The van der Waals surface area contributed by atoms with Crippen molar-refractivity contribution in [2.75, 3.05) is 26.4 Å². The molecule has 0 aromatic heterocycles. The summed E-state index contributed by atoms with van der Waals surface area (Å²) in [5.41, 5.74) is 0. The lowest BCUT2D eigenvalue weighted by Crippen LogP contribution is -2.58. The van der Waals surface area contributed by atoms with E-state index in [2.05, 4.69) is 38.2 Å². The van der Waals surface area contributed by atoms with Crippen molar-refractivity contribution in [2.24, 2.45) is 0 Å². The monoisotopic (exact) mass is 1290 g/mol. The Hall–Kier alpha value is -4.10. The zero-order valence-corrected chi connectivity index (χ0v) is 54.6. The fraction of sp³-hybridized carbons (Fsp3) is 0.853. The maximum absolute atomic E-state index is 12.7. The van der Waals surface area contributed by atoms with E-state index in [1.807, 2.05) is 0 Å². The lowest BCUT2D eigenvalue weighted by Gasteiger charge is -2.37. The predicted molar refractivity (Wildman–Crippen MR) is 336 cm³/mol. The molecule has 0 spiro atoms. The van der Waals surface area contributed by atoms with Crippen molar-refractivity contribution in [1.82, 2.24) is 0 Å². The van der Waals surface area contributed by atoms with Gasteiger partial charge in [-0.05, 0) is 89.9 Å². The normalized spacial score (nSPS) is 22.5. The minimum atomic E-state index is -1.72. The van der Waals surface area contributed by atoms with Crippen LogP contribution in [0.4, 0.5) is 0 Å². The van der Waals surface area contributed by atoms with E-state index in [0.29, 0.717) is 38.9 Å². The van der Waals surface area contributed by atoms with E-state index in [4.69, 9.17) is 37.9 Å². The van der Waals surface area contributed by atoms with Gasteiger partial charge in [-0.3, -0.25) is 28.8 Å². The number of aliphatic hydroxyl groups is 8. The highest BCUT2D eigenvalue weighted by Crippen LogP contribution is 2.23. The van der Waals surface area contributed by atoms with Crippen LogP contribution in [0.2, 0.25) is 0 Å². The van der Waals surface area contributed by atoms with Crippen molar-refractivity contribution in [1.29, 1.82) is 0 Å². The van der Waals surface area contributed by atoms with Crippen molar-refractivity contribution >= 4 is 35.8 Å². The molecule has 22 heteroatoms. The van der Waals surface area contributed by atoms with E-state index < -0.39 is 86.6 Å². The molecule has 522 valence electrons. The van der Waals surface area contributed by atoms with E-state index in [9.17, 15) is 69.6 Å². The first-order valence-electron chi connectivity index (χ1n) is 34.5. The molecule has 0 aromatic rings. The van der Waals surface area contributed by atoms with Gasteiger partial charge in [-0.2, -0.15) is 0 Å². The van der Waals surface area contributed by atoms with Gasteiger partial charge >= 0.3 is 35.8 Å². The maximum Gasteiger partial charge on any atom is 0.306 e. The average molecular weight is 1290 g/mol. The van der Waals surface area contributed by atoms with E-state index >= 15 is 0 Å². The lowest BCUT2D eigenvalue weighted by atomic mass is 9.99. The first-order chi connectivity index (χ1) is 43.5. The molecule has 2 saturated heterocycles. The summed E-state index contributed by atoms with van der Waals surface area (Å²) in [6.07, 6.45) is 24.8. The minimum Gasteiger partial charge on any atom is -0.466 e. The van der Waals surface area contributed by atoms with Gasteiger partial charge < -0.3 is 78.7 Å². The molecule has 0 aliphatic carbocycles. The molecule has 0 bridgehead atoms. The molecule has 0 amide bonds. The van der Waals surface area contributed by atoms with Gasteiger partial charge in [0.2, 0.25) is 0 Å². The van der Waals surface area contributed by atoms with E-state index in [1.165, 1.54) is 0 Å². The molecule has 2 heterocycles. The molecular formula is C68H118O22. The average Bonchev–Trinajstić information content (AvgIpc) is 1.43. The Labute approximate surface area is 536 Å². The van der Waals surface area contributed by atoms with Crippen LogP contribution in [0, 0.1) is 0 Å². The van der Waals surface area contributed by atoms with E-state index in [0.717, 1.165) is 193 Å². The van der Waals surface area contributed by atoms with E-state index in [1.54, 1.807) is 0 Å². The fourth-order valence-electron chi connectivity index (χ4n) is 10.6. The number of aliphatic hydroxyl groups excluding tert-OH is 8. The molecule has 0 saturated carbocycles. The van der Waals surface area contributed by atoms with Crippen molar-refractivity contribution in [3.05, 3.63) is 24.3 Å². The van der Waals surface area contributed by atoms with Crippen molar-refractivity contribution in [2.45, 2.75) is 344 Å². The molecule has 2 rings (SSSR count). The highest BCUT2D eigenvalue weighted by atomic mass is 16.7. The first kappa shape index (κ1) is 82.0. The van der Waals surface area contributed by atoms with Gasteiger partial charge in [-0.15, -0.1) is 0 Å². The topological polar surface area (TPSA) is 338 Å². The Morgan fingerprint density at radius 3 is 1.02 bits per heavy atom. The molecule has 90 heavy (non-hydrogen) atoms. The van der Waals surface area contributed by atoms with Crippen LogP contribution in [0.3, 0.4) is 0 Å². The predicted octanol–water partition coefficient (Wildman–Crippen LogP) is 9.34. The van der Waals surface area contributed by atoms with Crippen LogP contribution in [0.1, 0.15) is 271 Å². The molecular weight excluding hydrogens is 1170 g/mol. The third-order valence-electron chi connectivity index (χ3n) is 16.3. The molecule has 22 nitrogen and oxygen atoms in total. The zero-order valence-electron chi connectivity index (χ0n) is 54.6. The standard InChI is InChI=1S/C68H118O22/c1-3-5-7-27-37-51(87-59(73)45-35-43-57(71)85-49-53-61(75)63(77)65(79)67(81)89-53)39-29-21-15-9-11-17-23-31-41-55(69)83-47-33-25-19-13-14-20-26-34-48-84-56(70)42-32-24-18-12-10-16-22-30-40-52(38-28-8-6-4-2)88-60(74)46-36-44-58(72)86-50-54-62(76)64(78)66(80)68(82)90-54/h21-22,29-30,51-54,61-68,75-82H,3-20,23-28,31-50H2,1-2H3/b29-21-,30-22-/t51-,52-,53?,54?,61+,62+,63+,64+,65?,66?,67-,68-/m1/s1. The van der Waals surface area contributed by atoms with Gasteiger partial charge in [0.25, 0.3) is 0 Å². The molecule has 2 aliphatic heterocycles. The Morgan fingerprint density at radius 2 is 0.644 bits per heavy atom. The molecule has 12 atom stereocenters. The summed E-state index contributed by atoms with van der Waals surface area (Å²) in [6.45, 7) is 4.36. The second kappa shape index (κ2) is 53.3. The Bertz CT molecular complexity index is 1800. The van der Waals surface area contributed by atoms with Gasteiger partial charge in [0.1, 0.15) is 74.3 Å². The van der Waals surface area contributed by atoms with Crippen LogP contribution in [0.15, 0.2) is 24.3 Å². The number of rotatable bonds is 55. The fourth-order valence-corrected chi connectivity index (χ4v) is 10.6. The van der Waals surface area contributed by atoms with Crippen LogP contribution >= 0.6 is 0 Å². The summed E-state index contributed by atoms with van der Waals surface area (Å²) in [6, 6.07) is 0. The van der Waals surface area contributed by atoms with Crippen LogP contribution in [-0.2, 0) is 66.7 Å². The SMILES string of the molecule is CCCCCC[C@H](C/C=C\CCCCCCCC(=O)OCCCCCCCCCCOC(=O)CCCCCCC/C=C\C[C@@H](CCCCCC)OC(=O)CCCC(=O)OCC1O[C@@H](O)C(O)[C@@H](O)[C@H]1O)OC(=O)CCCC(=O)OCC1O[C@@H](O)C(O)[C@@H](O)[C@H]1O. The summed E-state index contributed by atoms with van der Waals surface area (Å²) < 4.78 is 42.7. The Balaban J connectivity index is 1.39. The minimum absolute atomic E-state index is 0.0378. The largest absolute Gasteiger partial charge is 0.466 e. The van der Waals surface area contributed by atoms with Crippen molar-refractivity contribution < 1.29 is 108 Å². The van der Waals surface area contributed by atoms with E-state index in [-0.39, 0.29) is 74.6 Å². The Kier molecular flexibility index (Phi) is 48.5. The number of hydrogen-bond acceptors (Lipinski definition) is 22. The molecule has 4 unspecified atom stereocenters. The molecule has 0 radical (unpaired) electrons. The number of ether oxygens (including phenoxy) is 8. The van der Waals surface area contributed by atoms with Gasteiger partial charge in [-0.1, -0.05) is 154 Å². The summed E-state index contributed by atoms with van der Waals surface area (Å²) >= 11 is 0. The number of carbonyl (C=O) groups excluding carboxylic acids is 6. The molecule has 0 aromatic carbocycles. The summed E-state index contributed by atoms with van der Waals surface area (Å²) in [7, 11) is 0. The van der Waals surface area contributed by atoms with Gasteiger partial charge in [-0.25, -0.2) is 0 Å².